The summed E-state index contributed by atoms with van der Waals surface area (Å²) in [5.41, 5.74) is 0.696. The van der Waals surface area contributed by atoms with Gasteiger partial charge in [0.25, 0.3) is 0 Å². The quantitative estimate of drug-likeness (QED) is 0.846. The van der Waals surface area contributed by atoms with E-state index in [1.54, 1.807) is 0 Å². The number of hydrogen-bond donors (Lipinski definition) is 1. The topological polar surface area (TPSA) is 32.7 Å². The average molecular weight is 309 g/mol. The van der Waals surface area contributed by atoms with Crippen molar-refractivity contribution < 1.29 is 9.84 Å². The lowest BCUT2D eigenvalue weighted by atomic mass is 9.70. The number of rotatable bonds is 5. The van der Waals surface area contributed by atoms with Gasteiger partial charge in [0.05, 0.1) is 18.8 Å². The zero-order chi connectivity index (χ0) is 16.0. The van der Waals surface area contributed by atoms with Gasteiger partial charge in [-0.15, -0.1) is 0 Å². The number of hydrogen-bond acceptors (Lipinski definition) is 3. The summed E-state index contributed by atoms with van der Waals surface area (Å²) in [4.78, 5) is 2.41. The van der Waals surface area contributed by atoms with Crippen LogP contribution in [0.3, 0.4) is 0 Å². The van der Waals surface area contributed by atoms with E-state index in [0.717, 1.165) is 31.5 Å². The molecule has 3 nitrogen and oxygen atoms in total. The minimum absolute atomic E-state index is 0.303. The summed E-state index contributed by atoms with van der Waals surface area (Å²) in [5, 5.41) is 10.4. The van der Waals surface area contributed by atoms with Crippen LogP contribution in [-0.4, -0.2) is 48.5 Å². The molecule has 3 aliphatic rings. The third kappa shape index (κ3) is 2.85. The number of nitrogens with zero attached hydrogens (tertiary/aromatic N) is 1. The average Bonchev–Trinajstić information content (AvgIpc) is 2.78. The molecule has 22 heavy (non-hydrogen) atoms. The molecule has 5 atom stereocenters. The number of aliphatic hydroxyl groups is 1. The molecule has 128 valence electrons. The largest absolute Gasteiger partial charge is 0.389 e. The second kappa shape index (κ2) is 6.07. The van der Waals surface area contributed by atoms with Crippen molar-refractivity contribution in [2.45, 2.75) is 72.0 Å². The first-order valence-electron chi connectivity index (χ1n) is 9.35. The summed E-state index contributed by atoms with van der Waals surface area (Å²) in [7, 11) is 0. The molecule has 2 aliphatic carbocycles. The molecule has 1 saturated heterocycles. The van der Waals surface area contributed by atoms with E-state index in [4.69, 9.17) is 4.74 Å². The highest BCUT2D eigenvalue weighted by atomic mass is 16.5. The minimum atomic E-state index is -0.337. The van der Waals surface area contributed by atoms with Gasteiger partial charge in [0.1, 0.15) is 0 Å². The summed E-state index contributed by atoms with van der Waals surface area (Å²) >= 11 is 0. The lowest BCUT2D eigenvalue weighted by molar-refractivity contribution is -0.0804. The van der Waals surface area contributed by atoms with Crippen molar-refractivity contribution in [2.24, 2.45) is 22.7 Å². The minimum Gasteiger partial charge on any atom is -0.389 e. The summed E-state index contributed by atoms with van der Waals surface area (Å²) < 4.78 is 6.23. The normalized spacial score (nSPS) is 42.7. The molecule has 3 fully saturated rings. The summed E-state index contributed by atoms with van der Waals surface area (Å²) in [6, 6.07) is 0. The lowest BCUT2D eigenvalue weighted by Crippen LogP contribution is -2.43. The Labute approximate surface area is 136 Å². The van der Waals surface area contributed by atoms with Crippen molar-refractivity contribution in [3.05, 3.63) is 0 Å². The Balaban J connectivity index is 1.47. The molecule has 0 spiro atoms. The van der Waals surface area contributed by atoms with Crippen LogP contribution in [0.5, 0.6) is 0 Å². The van der Waals surface area contributed by atoms with E-state index in [9.17, 15) is 5.11 Å². The van der Waals surface area contributed by atoms with E-state index in [0.29, 0.717) is 23.5 Å². The number of fused-ring (bicyclic) bond motifs is 2. The Morgan fingerprint density at radius 2 is 2.05 bits per heavy atom. The lowest BCUT2D eigenvalue weighted by Gasteiger charge is -2.39. The maximum Gasteiger partial charge on any atom is 0.0900 e. The fraction of sp³-hybridized carbons (Fsp3) is 1.00. The molecule has 2 saturated carbocycles. The zero-order valence-corrected chi connectivity index (χ0v) is 15.0. The van der Waals surface area contributed by atoms with Gasteiger partial charge in [-0.1, -0.05) is 27.7 Å². The molecular formula is C19H35NO2. The first-order valence-corrected chi connectivity index (χ1v) is 9.35. The zero-order valence-electron chi connectivity index (χ0n) is 15.0. The molecule has 3 heteroatoms. The molecule has 2 bridgehead atoms. The van der Waals surface area contributed by atoms with Crippen LogP contribution in [0.15, 0.2) is 0 Å². The van der Waals surface area contributed by atoms with Crippen LogP contribution in [0, 0.1) is 22.7 Å². The third-order valence-electron chi connectivity index (χ3n) is 7.41. The third-order valence-corrected chi connectivity index (χ3v) is 7.41. The Morgan fingerprint density at radius 3 is 2.64 bits per heavy atom. The van der Waals surface area contributed by atoms with Gasteiger partial charge < -0.3 is 14.7 Å². The first-order chi connectivity index (χ1) is 10.3. The Kier molecular flexibility index (Phi) is 4.61. The maximum absolute atomic E-state index is 10.4. The van der Waals surface area contributed by atoms with Crippen molar-refractivity contribution >= 4 is 0 Å². The maximum atomic E-state index is 10.4. The Bertz CT molecular complexity index is 397. The van der Waals surface area contributed by atoms with Gasteiger partial charge >= 0.3 is 0 Å². The summed E-state index contributed by atoms with van der Waals surface area (Å²) in [6.45, 7) is 13.1. The SMILES string of the molecule is C[C@@H]1CCCN(C[C@@H](O)CO[C@@H]2C[C@H]3CC[C@@]2(C)C3(C)C)C1. The highest BCUT2D eigenvalue weighted by molar-refractivity contribution is 5.11. The standard InChI is InChI=1S/C19H35NO2/c1-14-6-5-9-20(11-14)12-16(21)13-22-17-10-15-7-8-19(17,4)18(15,2)3/h14-17,21H,5-13H2,1-4H3/t14-,15-,16-,17-,19-/m1/s1. The van der Waals surface area contributed by atoms with Crippen molar-refractivity contribution in [3.8, 4) is 0 Å². The number of β-amino-alcohol motifs (C(OH)–C–C–N with tert-alkyl or cyclic N) is 1. The van der Waals surface area contributed by atoms with E-state index in [-0.39, 0.29) is 6.10 Å². The summed E-state index contributed by atoms with van der Waals surface area (Å²) in [6.07, 6.45) is 6.45. The van der Waals surface area contributed by atoms with Crippen molar-refractivity contribution in [3.63, 3.8) is 0 Å². The molecule has 0 aromatic heterocycles. The van der Waals surface area contributed by atoms with Gasteiger partial charge in [0.15, 0.2) is 0 Å². The van der Waals surface area contributed by atoms with Gasteiger partial charge in [-0.05, 0) is 61.3 Å². The second-order valence-electron chi connectivity index (χ2n) is 9.09. The molecule has 1 aliphatic heterocycles. The van der Waals surface area contributed by atoms with E-state index >= 15 is 0 Å². The van der Waals surface area contributed by atoms with Crippen LogP contribution in [-0.2, 0) is 4.74 Å². The van der Waals surface area contributed by atoms with Gasteiger partial charge in [0, 0.05) is 13.1 Å². The van der Waals surface area contributed by atoms with Crippen molar-refractivity contribution in [2.75, 3.05) is 26.2 Å². The molecule has 3 rings (SSSR count). The molecular weight excluding hydrogens is 274 g/mol. The predicted molar refractivity (Wildman–Crippen MR) is 89.8 cm³/mol. The summed E-state index contributed by atoms with van der Waals surface area (Å²) in [5.74, 6) is 1.58. The molecule has 1 N–H and O–H groups in total. The monoisotopic (exact) mass is 309 g/mol. The van der Waals surface area contributed by atoms with E-state index in [1.165, 1.54) is 32.1 Å². The molecule has 0 aromatic carbocycles. The smallest absolute Gasteiger partial charge is 0.0900 e. The number of ether oxygens (including phenoxy) is 1. The van der Waals surface area contributed by atoms with Crippen LogP contribution >= 0.6 is 0 Å². The first kappa shape index (κ1) is 16.7. The molecule has 0 aromatic rings. The molecule has 0 unspecified atom stereocenters. The van der Waals surface area contributed by atoms with Crippen LogP contribution in [0.25, 0.3) is 0 Å². The Hall–Kier alpha value is -0.120. The number of aliphatic hydroxyl groups excluding tert-OH is 1. The second-order valence-corrected chi connectivity index (χ2v) is 9.09. The predicted octanol–water partition coefficient (Wildman–Crippen LogP) is 3.31. The van der Waals surface area contributed by atoms with Gasteiger partial charge in [-0.25, -0.2) is 0 Å². The van der Waals surface area contributed by atoms with Crippen LogP contribution in [0.4, 0.5) is 0 Å². The highest BCUT2D eigenvalue weighted by Gasteiger charge is 2.61. The van der Waals surface area contributed by atoms with Gasteiger partial charge in [0.2, 0.25) is 0 Å². The van der Waals surface area contributed by atoms with Crippen LogP contribution in [0.2, 0.25) is 0 Å². The van der Waals surface area contributed by atoms with Crippen LogP contribution in [0.1, 0.15) is 59.8 Å². The van der Waals surface area contributed by atoms with Crippen LogP contribution < -0.4 is 0 Å². The highest BCUT2D eigenvalue weighted by Crippen LogP contribution is 2.66. The fourth-order valence-electron chi connectivity index (χ4n) is 5.41. The molecule has 0 radical (unpaired) electrons. The number of piperidine rings is 1. The van der Waals surface area contributed by atoms with E-state index < -0.39 is 0 Å². The molecule has 1 heterocycles. The van der Waals surface area contributed by atoms with Crippen molar-refractivity contribution in [1.82, 2.24) is 4.90 Å². The molecule has 0 amide bonds. The fourth-order valence-corrected chi connectivity index (χ4v) is 5.41. The van der Waals surface area contributed by atoms with E-state index in [2.05, 4.69) is 32.6 Å². The van der Waals surface area contributed by atoms with Gasteiger partial charge in [-0.3, -0.25) is 0 Å². The van der Waals surface area contributed by atoms with Gasteiger partial charge in [-0.2, -0.15) is 0 Å². The van der Waals surface area contributed by atoms with E-state index in [1.807, 2.05) is 0 Å². The Morgan fingerprint density at radius 1 is 1.27 bits per heavy atom. The van der Waals surface area contributed by atoms with Crippen molar-refractivity contribution in [1.29, 1.82) is 0 Å². The number of likely N-dealkylation sites (tertiary alicyclic amines) is 1.